The minimum atomic E-state index is 0.275. The zero-order chi connectivity index (χ0) is 11.4. The van der Waals surface area contributed by atoms with E-state index in [1.165, 1.54) is 32.1 Å². The summed E-state index contributed by atoms with van der Waals surface area (Å²) in [6.45, 7) is 0.927. The van der Waals surface area contributed by atoms with E-state index in [9.17, 15) is 0 Å². The van der Waals surface area contributed by atoms with Gasteiger partial charge in [0, 0.05) is 12.6 Å². The zero-order valence-corrected chi connectivity index (χ0v) is 10.2. The topological polar surface area (TPSA) is 47.7 Å². The van der Waals surface area contributed by atoms with Gasteiger partial charge in [0.1, 0.15) is 6.23 Å². The van der Waals surface area contributed by atoms with Crippen molar-refractivity contribution in [1.82, 2.24) is 4.90 Å². The Hall–Kier alpha value is -0.160. The van der Waals surface area contributed by atoms with E-state index in [-0.39, 0.29) is 6.10 Å². The summed E-state index contributed by atoms with van der Waals surface area (Å²) in [5.41, 5.74) is 0. The molecule has 16 heavy (non-hydrogen) atoms. The van der Waals surface area contributed by atoms with E-state index < -0.39 is 0 Å². The Labute approximate surface area is 98.0 Å². The van der Waals surface area contributed by atoms with Crippen LogP contribution in [0.4, 0.5) is 0 Å². The quantitative estimate of drug-likeness (QED) is 0.746. The predicted molar refractivity (Wildman–Crippen MR) is 62.7 cm³/mol. The first kappa shape index (κ1) is 12.3. The Morgan fingerprint density at radius 1 is 1.12 bits per heavy atom. The van der Waals surface area contributed by atoms with Gasteiger partial charge in [-0.2, -0.15) is 0 Å². The first-order valence-corrected chi connectivity index (χ1v) is 6.50. The maximum absolute atomic E-state index is 5.82. The second kappa shape index (κ2) is 5.96. The van der Waals surface area contributed by atoms with Gasteiger partial charge < -0.3 is 9.57 Å². The summed E-state index contributed by atoms with van der Waals surface area (Å²) in [5, 5.41) is 0. The first-order valence-electron chi connectivity index (χ1n) is 6.50. The number of hydrogen-bond acceptors (Lipinski definition) is 4. The highest BCUT2D eigenvalue weighted by atomic mass is 16.6. The van der Waals surface area contributed by atoms with Gasteiger partial charge in [-0.1, -0.05) is 0 Å². The first-order chi connectivity index (χ1) is 7.81. The van der Waals surface area contributed by atoms with E-state index in [1.54, 1.807) is 0 Å². The van der Waals surface area contributed by atoms with E-state index in [1.807, 2.05) is 0 Å². The molecule has 0 aromatic heterocycles. The molecule has 2 fully saturated rings. The van der Waals surface area contributed by atoms with Crippen LogP contribution in [0, 0.1) is 0 Å². The molecule has 1 unspecified atom stereocenters. The normalized spacial score (nSPS) is 36.6. The lowest BCUT2D eigenvalue weighted by atomic mass is 9.91. The predicted octanol–water partition coefficient (Wildman–Crippen LogP) is 1.65. The van der Waals surface area contributed by atoms with Crippen LogP contribution < -0.4 is 5.90 Å². The molecule has 1 heterocycles. The van der Waals surface area contributed by atoms with E-state index in [2.05, 4.69) is 11.9 Å². The molecule has 1 aliphatic carbocycles. The third-order valence-electron chi connectivity index (χ3n) is 4.02. The summed E-state index contributed by atoms with van der Waals surface area (Å²) in [6.07, 6.45) is 8.84. The standard InChI is InChI=1S/C12H24N2O2/c1-14(12-4-2-3-9-15-12)10-5-7-11(16-13)8-6-10/h10-12H,2-9,13H2,1H3. The molecule has 1 saturated heterocycles. The lowest BCUT2D eigenvalue weighted by molar-refractivity contribution is -0.102. The molecule has 4 nitrogen and oxygen atoms in total. The molecule has 0 aromatic carbocycles. The molecule has 2 rings (SSSR count). The highest BCUT2D eigenvalue weighted by Crippen LogP contribution is 2.27. The molecule has 1 aliphatic heterocycles. The van der Waals surface area contributed by atoms with Crippen molar-refractivity contribution in [1.29, 1.82) is 0 Å². The summed E-state index contributed by atoms with van der Waals surface area (Å²) < 4.78 is 5.82. The summed E-state index contributed by atoms with van der Waals surface area (Å²) in [4.78, 5) is 7.34. The molecule has 0 amide bonds. The van der Waals surface area contributed by atoms with Crippen molar-refractivity contribution in [2.75, 3.05) is 13.7 Å². The average molecular weight is 228 g/mol. The number of nitrogens with two attached hydrogens (primary N) is 1. The van der Waals surface area contributed by atoms with E-state index in [0.29, 0.717) is 12.3 Å². The molecule has 94 valence electrons. The van der Waals surface area contributed by atoms with Crippen LogP contribution in [0.2, 0.25) is 0 Å². The molecule has 0 radical (unpaired) electrons. The number of rotatable bonds is 3. The van der Waals surface area contributed by atoms with Gasteiger partial charge in [-0.3, -0.25) is 4.90 Å². The van der Waals surface area contributed by atoms with Crippen molar-refractivity contribution in [3.8, 4) is 0 Å². The van der Waals surface area contributed by atoms with E-state index >= 15 is 0 Å². The Balaban J connectivity index is 1.78. The summed E-state index contributed by atoms with van der Waals surface area (Å²) in [6, 6.07) is 0.648. The van der Waals surface area contributed by atoms with Crippen molar-refractivity contribution < 1.29 is 9.57 Å². The van der Waals surface area contributed by atoms with Crippen molar-refractivity contribution >= 4 is 0 Å². The van der Waals surface area contributed by atoms with Crippen LogP contribution in [0.25, 0.3) is 0 Å². The van der Waals surface area contributed by atoms with Crippen LogP contribution in [0.5, 0.6) is 0 Å². The molecule has 4 heteroatoms. The van der Waals surface area contributed by atoms with Gasteiger partial charge in [0.25, 0.3) is 0 Å². The van der Waals surface area contributed by atoms with Crippen LogP contribution >= 0.6 is 0 Å². The Bertz CT molecular complexity index is 199. The maximum Gasteiger partial charge on any atom is 0.110 e. The second-order valence-corrected chi connectivity index (χ2v) is 5.05. The molecule has 2 N–H and O–H groups in total. The molecule has 0 aromatic rings. The van der Waals surface area contributed by atoms with Crippen molar-refractivity contribution in [2.45, 2.75) is 63.3 Å². The van der Waals surface area contributed by atoms with Crippen LogP contribution in [0.3, 0.4) is 0 Å². The minimum absolute atomic E-state index is 0.275. The van der Waals surface area contributed by atoms with Gasteiger partial charge in [0.05, 0.1) is 6.10 Å². The Kier molecular flexibility index (Phi) is 4.58. The maximum atomic E-state index is 5.82. The molecule has 1 atom stereocenters. The van der Waals surface area contributed by atoms with Crippen molar-refractivity contribution in [2.24, 2.45) is 5.90 Å². The fourth-order valence-electron chi connectivity index (χ4n) is 2.87. The highest BCUT2D eigenvalue weighted by molar-refractivity contribution is 4.80. The third-order valence-corrected chi connectivity index (χ3v) is 4.02. The monoisotopic (exact) mass is 228 g/mol. The second-order valence-electron chi connectivity index (χ2n) is 5.05. The van der Waals surface area contributed by atoms with Crippen LogP contribution in [-0.2, 0) is 9.57 Å². The Morgan fingerprint density at radius 3 is 2.44 bits per heavy atom. The van der Waals surface area contributed by atoms with Gasteiger partial charge in [0.2, 0.25) is 0 Å². The summed E-state index contributed by atoms with van der Waals surface area (Å²) in [5.74, 6) is 5.23. The van der Waals surface area contributed by atoms with Gasteiger partial charge in [-0.15, -0.1) is 0 Å². The smallest absolute Gasteiger partial charge is 0.110 e. The van der Waals surface area contributed by atoms with Gasteiger partial charge in [-0.05, 0) is 52.0 Å². The number of nitrogens with zero attached hydrogens (tertiary/aromatic N) is 1. The Morgan fingerprint density at radius 2 is 1.88 bits per heavy atom. The SMILES string of the molecule is CN(C1CCC(ON)CC1)C1CCCCO1. The van der Waals surface area contributed by atoms with Crippen molar-refractivity contribution in [3.05, 3.63) is 0 Å². The summed E-state index contributed by atoms with van der Waals surface area (Å²) >= 11 is 0. The highest BCUT2D eigenvalue weighted by Gasteiger charge is 2.29. The molecular weight excluding hydrogens is 204 g/mol. The van der Waals surface area contributed by atoms with E-state index in [0.717, 1.165) is 19.4 Å². The molecular formula is C12H24N2O2. The van der Waals surface area contributed by atoms with Crippen molar-refractivity contribution in [3.63, 3.8) is 0 Å². The third kappa shape index (κ3) is 2.94. The lowest BCUT2D eigenvalue weighted by Gasteiger charge is -2.39. The fraction of sp³-hybridized carbons (Fsp3) is 1.00. The minimum Gasteiger partial charge on any atom is -0.363 e. The number of hydrogen-bond donors (Lipinski definition) is 1. The van der Waals surface area contributed by atoms with Crippen LogP contribution in [0.1, 0.15) is 44.9 Å². The van der Waals surface area contributed by atoms with Crippen LogP contribution in [-0.4, -0.2) is 36.9 Å². The molecule has 0 bridgehead atoms. The van der Waals surface area contributed by atoms with Gasteiger partial charge in [0.15, 0.2) is 0 Å². The van der Waals surface area contributed by atoms with Gasteiger partial charge in [-0.25, -0.2) is 5.90 Å². The zero-order valence-electron chi connectivity index (χ0n) is 10.2. The fourth-order valence-corrected chi connectivity index (χ4v) is 2.87. The molecule has 0 spiro atoms. The summed E-state index contributed by atoms with van der Waals surface area (Å²) in [7, 11) is 2.20. The lowest BCUT2D eigenvalue weighted by Crippen LogP contribution is -2.45. The van der Waals surface area contributed by atoms with Crippen LogP contribution in [0.15, 0.2) is 0 Å². The molecule has 1 saturated carbocycles. The van der Waals surface area contributed by atoms with Gasteiger partial charge >= 0.3 is 0 Å². The van der Waals surface area contributed by atoms with E-state index in [4.69, 9.17) is 15.5 Å². The average Bonchev–Trinajstić information content (AvgIpc) is 2.39. The number of ether oxygens (including phenoxy) is 1. The largest absolute Gasteiger partial charge is 0.363 e. The molecule has 2 aliphatic rings.